The van der Waals surface area contributed by atoms with Crippen LogP contribution in [0.15, 0.2) is 134 Å². The molecule has 5 heteroatoms. The molecule has 0 fully saturated rings. The van der Waals surface area contributed by atoms with E-state index in [1.165, 1.54) is 11.1 Å². The van der Waals surface area contributed by atoms with Gasteiger partial charge in [-0.25, -0.2) is 5.56 Å². The van der Waals surface area contributed by atoms with Crippen LogP contribution in [-0.2, 0) is 32.9 Å². The molecule has 0 saturated carbocycles. The summed E-state index contributed by atoms with van der Waals surface area (Å²) in [5.74, 6) is 0.322. The summed E-state index contributed by atoms with van der Waals surface area (Å²) in [5.41, 5.74) is 8.80. The molecule has 1 radical (unpaired) electrons. The van der Waals surface area contributed by atoms with E-state index >= 15 is 0 Å². The third kappa shape index (κ3) is 7.57. The van der Waals surface area contributed by atoms with Gasteiger partial charge in [-0.15, -0.1) is 23.8 Å². The fraction of sp³-hybridized carbons (Fsp3) is 0.0571. The van der Waals surface area contributed by atoms with E-state index in [4.69, 9.17) is 5.11 Å². The van der Waals surface area contributed by atoms with Gasteiger partial charge in [0.2, 0.25) is 0 Å². The normalized spacial score (nSPS) is 10.7. The summed E-state index contributed by atoms with van der Waals surface area (Å²) in [6, 6.07) is 43.5. The van der Waals surface area contributed by atoms with Gasteiger partial charge in [-0.05, 0) is 54.3 Å². The molecule has 6 aromatic rings. The Kier molecular flexibility index (Phi) is 10.5. The molecule has 0 atom stereocenters. The molecule has 4 nitrogen and oxygen atoms in total. The fourth-order valence-electron chi connectivity index (χ4n) is 4.26. The molecule has 1 N–H and O–H groups in total. The zero-order chi connectivity index (χ0) is 26.7. The van der Waals surface area contributed by atoms with Crippen molar-refractivity contribution in [3.8, 4) is 39.5 Å². The zero-order valence-electron chi connectivity index (χ0n) is 21.7. The number of aromatic nitrogens is 3. The van der Waals surface area contributed by atoms with Crippen molar-refractivity contribution in [3.05, 3.63) is 157 Å². The van der Waals surface area contributed by atoms with E-state index in [9.17, 15) is 0 Å². The van der Waals surface area contributed by atoms with Gasteiger partial charge < -0.3 is 5.11 Å². The Morgan fingerprint density at radius 2 is 1.12 bits per heavy atom. The monoisotopic (exact) mass is 698 g/mol. The van der Waals surface area contributed by atoms with E-state index in [0.29, 0.717) is 5.75 Å². The summed E-state index contributed by atoms with van der Waals surface area (Å²) in [6.45, 7) is 0. The number of phenolic OH excluding ortho intramolecular Hbond substituents is 1. The van der Waals surface area contributed by atoms with Gasteiger partial charge in [-0.1, -0.05) is 42.5 Å². The van der Waals surface area contributed by atoms with Crippen LogP contribution < -0.4 is 0 Å². The van der Waals surface area contributed by atoms with Gasteiger partial charge in [0.25, 0.3) is 0 Å². The number of aromatic hydroxyl groups is 1. The summed E-state index contributed by atoms with van der Waals surface area (Å²) < 4.78 is 0. The summed E-state index contributed by atoms with van der Waals surface area (Å²) in [4.78, 5) is 13.1. The van der Waals surface area contributed by atoms with Crippen LogP contribution in [0.1, 0.15) is 11.1 Å². The van der Waals surface area contributed by atoms with Gasteiger partial charge in [-0.3, -0.25) is 15.0 Å². The minimum Gasteiger partial charge on any atom is -0.508 e. The molecule has 0 bridgehead atoms. The van der Waals surface area contributed by atoms with Crippen LogP contribution in [0.4, 0.5) is 0 Å². The van der Waals surface area contributed by atoms with E-state index in [-0.39, 0.29) is 20.1 Å². The van der Waals surface area contributed by atoms with E-state index in [1.807, 2.05) is 91.3 Å². The Balaban J connectivity index is 0.000000149. The van der Waals surface area contributed by atoms with Crippen LogP contribution in [0, 0.1) is 12.1 Å². The Hall–Kier alpha value is -4.44. The average Bonchev–Trinajstić information content (AvgIpc) is 3.03. The van der Waals surface area contributed by atoms with Crippen LogP contribution in [0.2, 0.25) is 0 Å². The number of pyridine rings is 3. The molecule has 0 aliphatic heterocycles. The second-order valence-electron chi connectivity index (χ2n) is 8.83. The first-order valence-corrected chi connectivity index (χ1v) is 12.8. The van der Waals surface area contributed by atoms with Gasteiger partial charge in [-0.2, -0.15) is 42.0 Å². The largest absolute Gasteiger partial charge is 0.508 e. The third-order valence-electron chi connectivity index (χ3n) is 6.16. The third-order valence-corrected chi connectivity index (χ3v) is 6.16. The van der Waals surface area contributed by atoms with Gasteiger partial charge in [0.05, 0.1) is 11.4 Å². The maximum atomic E-state index is 8.63. The van der Waals surface area contributed by atoms with Crippen LogP contribution in [0.25, 0.3) is 33.8 Å². The van der Waals surface area contributed by atoms with Crippen LogP contribution in [0.5, 0.6) is 5.75 Å². The van der Waals surface area contributed by atoms with Crippen molar-refractivity contribution in [2.45, 2.75) is 12.8 Å². The standard InChI is InChI=1S/C17H11N.C12H10N2.C6H6O.Ir/c1-2-7-14(8-3-1)15-9-6-10-16(13-15)17-11-4-5-12-18-17;1-3-9-5-6-10-4-2-8-14-12(10)11(9)13-7-1;7-6-4-2-1-3-5-6;/h1-7,9-12H;1-4,7-8H,5-6H2;1-5,7H;/q-2;;;. The molecule has 7 rings (SSSR count). The Morgan fingerprint density at radius 1 is 0.525 bits per heavy atom. The predicted octanol–water partition coefficient (Wildman–Crippen LogP) is 7.65. The summed E-state index contributed by atoms with van der Waals surface area (Å²) >= 11 is 0. The van der Waals surface area contributed by atoms with Gasteiger partial charge in [0, 0.05) is 44.4 Å². The number of benzene rings is 3. The van der Waals surface area contributed by atoms with Crippen molar-refractivity contribution in [1.29, 1.82) is 0 Å². The Bertz CT molecular complexity index is 1510. The molecule has 1 aliphatic carbocycles. The minimum absolute atomic E-state index is 0. The summed E-state index contributed by atoms with van der Waals surface area (Å²) in [6.07, 6.45) is 7.64. The van der Waals surface area contributed by atoms with Crippen molar-refractivity contribution in [3.63, 3.8) is 0 Å². The van der Waals surface area contributed by atoms with Crippen molar-refractivity contribution >= 4 is 0 Å². The van der Waals surface area contributed by atoms with Crippen molar-refractivity contribution in [1.82, 2.24) is 15.0 Å². The van der Waals surface area contributed by atoms with Crippen LogP contribution in [-0.4, -0.2) is 20.1 Å². The first-order chi connectivity index (χ1) is 19.3. The molecule has 0 spiro atoms. The number of rotatable bonds is 2. The molecule has 40 heavy (non-hydrogen) atoms. The first-order valence-electron chi connectivity index (χ1n) is 12.8. The van der Waals surface area contributed by atoms with Crippen molar-refractivity contribution in [2.75, 3.05) is 0 Å². The molecule has 3 heterocycles. The van der Waals surface area contributed by atoms with Crippen LogP contribution >= 0.6 is 0 Å². The molecule has 0 saturated heterocycles. The van der Waals surface area contributed by atoms with E-state index < -0.39 is 0 Å². The number of nitrogens with zero attached hydrogens (tertiary/aromatic N) is 3. The molecule has 1 aliphatic rings. The maximum Gasteiger partial charge on any atom is 0.115 e. The molecular formula is C35H27IrN3O-2. The van der Waals surface area contributed by atoms with E-state index in [2.05, 4.69) is 39.2 Å². The summed E-state index contributed by atoms with van der Waals surface area (Å²) in [5, 5.41) is 8.63. The van der Waals surface area contributed by atoms with Gasteiger partial charge >= 0.3 is 0 Å². The fourth-order valence-corrected chi connectivity index (χ4v) is 4.26. The smallest absolute Gasteiger partial charge is 0.115 e. The summed E-state index contributed by atoms with van der Waals surface area (Å²) in [7, 11) is 0. The number of phenols is 1. The molecule has 199 valence electrons. The first kappa shape index (κ1) is 28.6. The number of hydrogen-bond donors (Lipinski definition) is 1. The molecule has 3 aromatic carbocycles. The average molecular weight is 698 g/mol. The second kappa shape index (κ2) is 14.6. The molecule has 3 aromatic heterocycles. The van der Waals surface area contributed by atoms with Gasteiger partial charge in [0.1, 0.15) is 5.75 Å². The molecular weight excluding hydrogens is 671 g/mol. The quantitative estimate of drug-likeness (QED) is 0.189. The predicted molar refractivity (Wildman–Crippen MR) is 156 cm³/mol. The SMILES string of the molecule is Oc1ccccc1.[Ir].[c-]1ccccc1-c1[c-]c(-c2ccccn2)ccc1.c1cnc2c(c1)CCc1cccnc1-2. The number of hydrogen-bond acceptors (Lipinski definition) is 4. The number of para-hydroxylation sites is 1. The maximum absolute atomic E-state index is 8.63. The van der Waals surface area contributed by atoms with Gasteiger partial charge in [0.15, 0.2) is 0 Å². The van der Waals surface area contributed by atoms with Crippen molar-refractivity contribution in [2.24, 2.45) is 0 Å². The molecule has 0 amide bonds. The van der Waals surface area contributed by atoms with E-state index in [0.717, 1.165) is 46.6 Å². The minimum atomic E-state index is 0. The number of fused-ring (bicyclic) bond motifs is 3. The Labute approximate surface area is 248 Å². The van der Waals surface area contributed by atoms with Crippen molar-refractivity contribution < 1.29 is 25.2 Å². The van der Waals surface area contributed by atoms with Crippen LogP contribution in [0.3, 0.4) is 0 Å². The Morgan fingerprint density at radius 3 is 1.70 bits per heavy atom. The zero-order valence-corrected chi connectivity index (χ0v) is 24.1. The number of aryl methyl sites for hydroxylation is 2. The topological polar surface area (TPSA) is 58.9 Å². The molecule has 0 unspecified atom stereocenters. The van der Waals surface area contributed by atoms with E-state index in [1.54, 1.807) is 30.5 Å². The second-order valence-corrected chi connectivity index (χ2v) is 8.83.